The second-order valence-corrected chi connectivity index (χ2v) is 8.37. The van der Waals surface area contributed by atoms with Gasteiger partial charge >= 0.3 is 0 Å². The summed E-state index contributed by atoms with van der Waals surface area (Å²) in [4.78, 5) is 8.28. The third kappa shape index (κ3) is 8.95. The molecule has 1 aromatic rings. The van der Waals surface area contributed by atoms with E-state index in [0.717, 1.165) is 25.0 Å². The number of aliphatic imine (C=N–C) groups is 1. The molecule has 1 aliphatic rings. The highest BCUT2D eigenvalue weighted by Crippen LogP contribution is 2.22. The molecule has 0 aromatic heterocycles. The molecule has 0 saturated carbocycles. The summed E-state index contributed by atoms with van der Waals surface area (Å²) in [5.41, 5.74) is 0. The van der Waals surface area contributed by atoms with Crippen LogP contribution in [-0.4, -0.2) is 55.9 Å². The number of rotatable bonds is 8. The summed E-state index contributed by atoms with van der Waals surface area (Å²) in [6.45, 7) is 10.2. The average molecular weight is 490 g/mol. The number of halogens is 1. The molecule has 4 nitrogen and oxygen atoms in total. The first-order valence-electron chi connectivity index (χ1n) is 9.59. The second-order valence-electron chi connectivity index (χ2n) is 6.86. The van der Waals surface area contributed by atoms with Gasteiger partial charge in [0.25, 0.3) is 0 Å². The Labute approximate surface area is 181 Å². The van der Waals surface area contributed by atoms with Crippen LogP contribution in [0.3, 0.4) is 0 Å². The van der Waals surface area contributed by atoms with Crippen molar-refractivity contribution in [3.8, 4) is 0 Å². The van der Waals surface area contributed by atoms with Gasteiger partial charge in [-0.15, -0.1) is 35.7 Å². The van der Waals surface area contributed by atoms with Crippen LogP contribution in [0.5, 0.6) is 0 Å². The predicted molar refractivity (Wildman–Crippen MR) is 126 cm³/mol. The summed E-state index contributed by atoms with van der Waals surface area (Å²) in [5.74, 6) is 1.69. The van der Waals surface area contributed by atoms with Crippen molar-refractivity contribution in [2.45, 2.75) is 43.3 Å². The quantitative estimate of drug-likeness (QED) is 0.250. The maximum atomic E-state index is 4.37. The number of nitrogens with zero attached hydrogens (tertiary/aromatic N) is 2. The van der Waals surface area contributed by atoms with E-state index in [4.69, 9.17) is 0 Å². The Balaban J connectivity index is 0.00000338. The molecular formula is C20H35IN4S. The highest BCUT2D eigenvalue weighted by Gasteiger charge is 2.18. The van der Waals surface area contributed by atoms with Crippen LogP contribution in [0.1, 0.15) is 33.1 Å². The van der Waals surface area contributed by atoms with E-state index in [1.54, 1.807) is 0 Å². The molecule has 1 fully saturated rings. The van der Waals surface area contributed by atoms with Gasteiger partial charge in [0.1, 0.15) is 0 Å². The van der Waals surface area contributed by atoms with E-state index in [1.807, 2.05) is 18.8 Å². The van der Waals surface area contributed by atoms with E-state index in [-0.39, 0.29) is 24.0 Å². The van der Waals surface area contributed by atoms with Gasteiger partial charge in [0.15, 0.2) is 5.96 Å². The fourth-order valence-electron chi connectivity index (χ4n) is 3.21. The van der Waals surface area contributed by atoms with Gasteiger partial charge in [-0.3, -0.25) is 4.99 Å². The van der Waals surface area contributed by atoms with Crippen LogP contribution >= 0.6 is 35.7 Å². The van der Waals surface area contributed by atoms with Crippen LogP contribution in [0.4, 0.5) is 0 Å². The number of piperidine rings is 1. The third-order valence-corrected chi connectivity index (χ3v) is 5.78. The van der Waals surface area contributed by atoms with E-state index >= 15 is 0 Å². The Kier molecular flexibility index (Phi) is 12.4. The Morgan fingerprint density at radius 2 is 1.92 bits per heavy atom. The molecule has 26 heavy (non-hydrogen) atoms. The van der Waals surface area contributed by atoms with Crippen LogP contribution in [-0.2, 0) is 0 Å². The van der Waals surface area contributed by atoms with Crippen LogP contribution in [0.15, 0.2) is 40.2 Å². The number of benzene rings is 1. The summed E-state index contributed by atoms with van der Waals surface area (Å²) in [6.07, 6.45) is 3.85. The van der Waals surface area contributed by atoms with Gasteiger partial charge in [0.05, 0.1) is 0 Å². The highest BCUT2D eigenvalue weighted by atomic mass is 127. The smallest absolute Gasteiger partial charge is 0.191 e. The van der Waals surface area contributed by atoms with Crippen molar-refractivity contribution >= 4 is 41.7 Å². The molecule has 1 aliphatic heterocycles. The fraction of sp³-hybridized carbons (Fsp3) is 0.650. The molecule has 2 N–H and O–H groups in total. The molecule has 0 radical (unpaired) electrons. The summed E-state index contributed by atoms with van der Waals surface area (Å²) >= 11 is 1.90. The largest absolute Gasteiger partial charge is 0.356 e. The Hall–Kier alpha value is -0.470. The van der Waals surface area contributed by atoms with Gasteiger partial charge in [-0.25, -0.2) is 0 Å². The maximum Gasteiger partial charge on any atom is 0.191 e. The standard InChI is InChI=1S/C20H34N4S.HI/c1-4-12-24-13-10-18(11-14-24)16-23-20(21-3)22-15-17(2)25-19-8-6-5-7-9-19;/h5-9,17-18H,4,10-16H2,1-3H3,(H2,21,22,23);1H. The van der Waals surface area contributed by atoms with Crippen molar-refractivity contribution in [2.24, 2.45) is 10.9 Å². The lowest BCUT2D eigenvalue weighted by molar-refractivity contribution is 0.185. The van der Waals surface area contributed by atoms with E-state index in [2.05, 4.69) is 64.7 Å². The van der Waals surface area contributed by atoms with Gasteiger partial charge in [-0.05, 0) is 56.9 Å². The predicted octanol–water partition coefficient (Wildman–Crippen LogP) is 4.07. The fourth-order valence-corrected chi connectivity index (χ4v) is 4.15. The number of nitrogens with one attached hydrogen (secondary N) is 2. The van der Waals surface area contributed by atoms with Gasteiger partial charge in [0.2, 0.25) is 0 Å². The molecule has 2 rings (SSSR count). The minimum Gasteiger partial charge on any atom is -0.356 e. The Bertz CT molecular complexity index is 504. The third-order valence-electron chi connectivity index (χ3n) is 4.67. The summed E-state index contributed by atoms with van der Waals surface area (Å²) in [7, 11) is 1.86. The second kappa shape index (κ2) is 13.7. The van der Waals surface area contributed by atoms with Crippen LogP contribution in [0.2, 0.25) is 0 Å². The molecule has 1 saturated heterocycles. The van der Waals surface area contributed by atoms with E-state index in [1.165, 1.54) is 43.8 Å². The molecule has 148 valence electrons. The first-order valence-corrected chi connectivity index (χ1v) is 10.5. The highest BCUT2D eigenvalue weighted by molar-refractivity contribution is 14.0. The molecule has 6 heteroatoms. The molecule has 1 atom stereocenters. The normalized spacial score (nSPS) is 17.4. The summed E-state index contributed by atoms with van der Waals surface area (Å²) in [6, 6.07) is 10.6. The number of hydrogen-bond acceptors (Lipinski definition) is 3. The van der Waals surface area contributed by atoms with Gasteiger partial charge in [0, 0.05) is 30.3 Å². The number of likely N-dealkylation sites (tertiary alicyclic amines) is 1. The lowest BCUT2D eigenvalue weighted by atomic mass is 9.97. The molecule has 0 aliphatic carbocycles. The molecule has 1 unspecified atom stereocenters. The van der Waals surface area contributed by atoms with Crippen LogP contribution in [0, 0.1) is 5.92 Å². The van der Waals surface area contributed by atoms with Crippen LogP contribution < -0.4 is 10.6 Å². The van der Waals surface area contributed by atoms with Crippen LogP contribution in [0.25, 0.3) is 0 Å². The average Bonchev–Trinajstić information content (AvgIpc) is 2.64. The van der Waals surface area contributed by atoms with Gasteiger partial charge in [-0.2, -0.15) is 0 Å². The first-order chi connectivity index (χ1) is 12.2. The lowest BCUT2D eigenvalue weighted by Crippen LogP contribution is -2.44. The molecule has 1 aromatic carbocycles. The van der Waals surface area contributed by atoms with Gasteiger partial charge in [-0.1, -0.05) is 32.0 Å². The Morgan fingerprint density at radius 3 is 2.54 bits per heavy atom. The molecule has 0 bridgehead atoms. The minimum absolute atomic E-state index is 0. The number of guanidine groups is 1. The number of thioether (sulfide) groups is 1. The van der Waals surface area contributed by atoms with Crippen molar-refractivity contribution in [1.82, 2.24) is 15.5 Å². The number of hydrogen-bond donors (Lipinski definition) is 2. The first kappa shape index (κ1) is 23.6. The zero-order valence-corrected chi connectivity index (χ0v) is 19.6. The van der Waals surface area contributed by atoms with Crippen molar-refractivity contribution < 1.29 is 0 Å². The van der Waals surface area contributed by atoms with E-state index < -0.39 is 0 Å². The summed E-state index contributed by atoms with van der Waals surface area (Å²) in [5, 5.41) is 7.48. The van der Waals surface area contributed by atoms with Crippen molar-refractivity contribution in [3.05, 3.63) is 30.3 Å². The van der Waals surface area contributed by atoms with Gasteiger partial charge < -0.3 is 15.5 Å². The lowest BCUT2D eigenvalue weighted by Gasteiger charge is -2.32. The zero-order chi connectivity index (χ0) is 17.9. The molecule has 0 amide bonds. The van der Waals surface area contributed by atoms with E-state index in [0.29, 0.717) is 5.25 Å². The van der Waals surface area contributed by atoms with E-state index in [9.17, 15) is 0 Å². The zero-order valence-electron chi connectivity index (χ0n) is 16.4. The maximum absolute atomic E-state index is 4.37. The molecule has 1 heterocycles. The SMILES string of the molecule is CCCN1CCC(CNC(=NC)NCC(C)Sc2ccccc2)CC1.I. The summed E-state index contributed by atoms with van der Waals surface area (Å²) < 4.78 is 0. The van der Waals surface area contributed by atoms with Crippen molar-refractivity contribution in [1.29, 1.82) is 0 Å². The minimum atomic E-state index is 0. The topological polar surface area (TPSA) is 39.7 Å². The Morgan fingerprint density at radius 1 is 1.23 bits per heavy atom. The van der Waals surface area contributed by atoms with Crippen molar-refractivity contribution in [3.63, 3.8) is 0 Å². The van der Waals surface area contributed by atoms with Crippen molar-refractivity contribution in [2.75, 3.05) is 39.8 Å². The monoisotopic (exact) mass is 490 g/mol. The molecular weight excluding hydrogens is 455 g/mol. The molecule has 0 spiro atoms.